The minimum atomic E-state index is -0.187. The third-order valence-corrected chi connectivity index (χ3v) is 3.05. The Morgan fingerprint density at radius 3 is 2.88 bits per heavy atom. The summed E-state index contributed by atoms with van der Waals surface area (Å²) >= 11 is 7.11. The zero-order chi connectivity index (χ0) is 11.5. The van der Waals surface area contributed by atoms with Crippen molar-refractivity contribution in [2.24, 2.45) is 0 Å². The average Bonchev–Trinajstić information content (AvgIpc) is 2.65. The smallest absolute Gasteiger partial charge is 0.266 e. The van der Waals surface area contributed by atoms with Crippen LogP contribution < -0.4 is 5.32 Å². The first-order chi connectivity index (χ1) is 7.65. The highest BCUT2D eigenvalue weighted by Gasteiger charge is 2.09. The van der Waals surface area contributed by atoms with Crippen LogP contribution in [-0.4, -0.2) is 15.9 Å². The molecule has 0 atom stereocenters. The lowest BCUT2D eigenvalue weighted by Gasteiger charge is -2.01. The van der Waals surface area contributed by atoms with E-state index in [1.165, 1.54) is 23.7 Å². The number of rotatable bonds is 2. The lowest BCUT2D eigenvalue weighted by atomic mass is 10.4. The predicted octanol–water partition coefficient (Wildman–Crippen LogP) is 2.75. The molecule has 0 saturated heterocycles. The van der Waals surface area contributed by atoms with Gasteiger partial charge in [0.15, 0.2) is 0 Å². The Morgan fingerprint density at radius 1 is 1.44 bits per heavy atom. The standard InChI is InChI=1S/C10H8ClN3OS/c1-6-2-3-7(16-6)10(15)14-9-4-8(11)12-5-13-9/h2-5H,1H3,(H,12,13,14,15). The number of hydrogen-bond acceptors (Lipinski definition) is 4. The molecule has 2 aromatic rings. The molecular weight excluding hydrogens is 246 g/mol. The fraction of sp³-hybridized carbons (Fsp3) is 0.100. The maximum atomic E-state index is 11.7. The van der Waals surface area contributed by atoms with Gasteiger partial charge in [-0.15, -0.1) is 11.3 Å². The van der Waals surface area contributed by atoms with Crippen LogP contribution in [0, 0.1) is 6.92 Å². The van der Waals surface area contributed by atoms with Crippen LogP contribution in [0.15, 0.2) is 24.5 Å². The first-order valence-electron chi connectivity index (χ1n) is 4.50. The SMILES string of the molecule is Cc1ccc(C(=O)Nc2cc(Cl)ncn2)s1. The van der Waals surface area contributed by atoms with E-state index in [1.807, 2.05) is 13.0 Å². The van der Waals surface area contributed by atoms with Crippen LogP contribution in [0.3, 0.4) is 0 Å². The normalized spacial score (nSPS) is 10.1. The summed E-state index contributed by atoms with van der Waals surface area (Å²) in [6.07, 6.45) is 1.30. The fourth-order valence-electron chi connectivity index (χ4n) is 1.14. The fourth-order valence-corrected chi connectivity index (χ4v) is 2.05. The summed E-state index contributed by atoms with van der Waals surface area (Å²) in [5.74, 6) is 0.212. The molecule has 0 unspecified atom stereocenters. The number of carbonyl (C=O) groups is 1. The van der Waals surface area contributed by atoms with Crippen LogP contribution in [0.4, 0.5) is 5.82 Å². The van der Waals surface area contributed by atoms with Gasteiger partial charge in [0.2, 0.25) is 0 Å². The molecule has 1 amide bonds. The second-order valence-corrected chi connectivity index (χ2v) is 4.77. The first-order valence-corrected chi connectivity index (χ1v) is 5.70. The molecule has 0 saturated carbocycles. The van der Waals surface area contributed by atoms with Crippen LogP contribution in [-0.2, 0) is 0 Å². The number of amides is 1. The molecule has 82 valence electrons. The molecule has 0 aliphatic rings. The van der Waals surface area contributed by atoms with Crippen molar-refractivity contribution in [3.05, 3.63) is 39.4 Å². The molecule has 0 bridgehead atoms. The highest BCUT2D eigenvalue weighted by Crippen LogP contribution is 2.17. The zero-order valence-corrected chi connectivity index (χ0v) is 9.97. The molecule has 0 aliphatic carbocycles. The number of nitrogens with one attached hydrogen (secondary N) is 1. The molecule has 0 aromatic carbocycles. The van der Waals surface area contributed by atoms with E-state index < -0.39 is 0 Å². The summed E-state index contributed by atoms with van der Waals surface area (Å²) in [5, 5.41) is 2.95. The van der Waals surface area contributed by atoms with Crippen LogP contribution in [0.2, 0.25) is 5.15 Å². The van der Waals surface area contributed by atoms with Gasteiger partial charge in [-0.05, 0) is 19.1 Å². The monoisotopic (exact) mass is 253 g/mol. The van der Waals surface area contributed by atoms with E-state index in [4.69, 9.17) is 11.6 Å². The largest absolute Gasteiger partial charge is 0.306 e. The van der Waals surface area contributed by atoms with E-state index >= 15 is 0 Å². The molecular formula is C10H8ClN3OS. The molecule has 2 rings (SSSR count). The first kappa shape index (κ1) is 11.0. The van der Waals surface area contributed by atoms with Gasteiger partial charge < -0.3 is 5.32 Å². The highest BCUT2D eigenvalue weighted by atomic mass is 35.5. The van der Waals surface area contributed by atoms with E-state index in [9.17, 15) is 4.79 Å². The molecule has 6 heteroatoms. The van der Waals surface area contributed by atoms with Gasteiger partial charge in [0, 0.05) is 10.9 Å². The number of carbonyl (C=O) groups excluding carboxylic acids is 1. The summed E-state index contributed by atoms with van der Waals surface area (Å²) in [7, 11) is 0. The number of aromatic nitrogens is 2. The number of nitrogens with zero attached hydrogens (tertiary/aromatic N) is 2. The minimum Gasteiger partial charge on any atom is -0.306 e. The van der Waals surface area contributed by atoms with Crippen molar-refractivity contribution in [1.82, 2.24) is 9.97 Å². The lowest BCUT2D eigenvalue weighted by Crippen LogP contribution is -2.11. The topological polar surface area (TPSA) is 54.9 Å². The van der Waals surface area contributed by atoms with Crippen LogP contribution >= 0.6 is 22.9 Å². The van der Waals surface area contributed by atoms with E-state index in [0.29, 0.717) is 15.8 Å². The summed E-state index contributed by atoms with van der Waals surface area (Å²) in [6.45, 7) is 1.95. The molecule has 0 radical (unpaired) electrons. The van der Waals surface area contributed by atoms with Crippen molar-refractivity contribution in [2.75, 3.05) is 5.32 Å². The van der Waals surface area contributed by atoms with Gasteiger partial charge in [0.25, 0.3) is 5.91 Å². The Morgan fingerprint density at radius 2 is 2.25 bits per heavy atom. The summed E-state index contributed by atoms with van der Waals surface area (Å²) < 4.78 is 0. The number of anilines is 1. The molecule has 2 aromatic heterocycles. The quantitative estimate of drug-likeness (QED) is 0.838. The maximum absolute atomic E-state index is 11.7. The molecule has 0 spiro atoms. The predicted molar refractivity (Wildman–Crippen MR) is 64.1 cm³/mol. The molecule has 0 fully saturated rings. The summed E-state index contributed by atoms with van der Waals surface area (Å²) in [4.78, 5) is 21.1. The van der Waals surface area contributed by atoms with Crippen LogP contribution in [0.5, 0.6) is 0 Å². The number of hydrogen-bond donors (Lipinski definition) is 1. The summed E-state index contributed by atoms with van der Waals surface area (Å²) in [5.41, 5.74) is 0. The van der Waals surface area contributed by atoms with Crippen LogP contribution in [0.25, 0.3) is 0 Å². The van der Waals surface area contributed by atoms with E-state index in [1.54, 1.807) is 6.07 Å². The van der Waals surface area contributed by atoms with Gasteiger partial charge in [0.05, 0.1) is 4.88 Å². The minimum absolute atomic E-state index is 0.187. The number of aryl methyl sites for hydroxylation is 1. The van der Waals surface area contributed by atoms with Gasteiger partial charge in [-0.2, -0.15) is 0 Å². The van der Waals surface area contributed by atoms with Crippen molar-refractivity contribution in [1.29, 1.82) is 0 Å². The molecule has 0 aliphatic heterocycles. The van der Waals surface area contributed by atoms with Crippen molar-refractivity contribution < 1.29 is 4.79 Å². The Bertz CT molecular complexity index is 526. The van der Waals surface area contributed by atoms with Crippen molar-refractivity contribution >= 4 is 34.7 Å². The van der Waals surface area contributed by atoms with Gasteiger partial charge in [-0.1, -0.05) is 11.6 Å². The lowest BCUT2D eigenvalue weighted by molar-refractivity contribution is 0.103. The third kappa shape index (κ3) is 2.56. The number of halogens is 1. The molecule has 4 nitrogen and oxygen atoms in total. The molecule has 1 N–H and O–H groups in total. The zero-order valence-electron chi connectivity index (χ0n) is 8.40. The van der Waals surface area contributed by atoms with Gasteiger partial charge in [-0.3, -0.25) is 4.79 Å². The second kappa shape index (κ2) is 4.59. The summed E-state index contributed by atoms with van der Waals surface area (Å²) in [6, 6.07) is 5.17. The second-order valence-electron chi connectivity index (χ2n) is 3.09. The molecule has 16 heavy (non-hydrogen) atoms. The van der Waals surface area contributed by atoms with E-state index in [-0.39, 0.29) is 5.91 Å². The third-order valence-electron chi connectivity index (χ3n) is 1.84. The van der Waals surface area contributed by atoms with Crippen molar-refractivity contribution in [3.8, 4) is 0 Å². The molecule has 2 heterocycles. The van der Waals surface area contributed by atoms with Crippen molar-refractivity contribution in [2.45, 2.75) is 6.92 Å². The Balaban J connectivity index is 2.13. The van der Waals surface area contributed by atoms with Gasteiger partial charge in [-0.25, -0.2) is 9.97 Å². The maximum Gasteiger partial charge on any atom is 0.266 e. The van der Waals surface area contributed by atoms with Gasteiger partial charge >= 0.3 is 0 Å². The van der Waals surface area contributed by atoms with E-state index in [0.717, 1.165) is 4.88 Å². The Hall–Kier alpha value is -1.46. The average molecular weight is 254 g/mol. The van der Waals surface area contributed by atoms with E-state index in [2.05, 4.69) is 15.3 Å². The highest BCUT2D eigenvalue weighted by molar-refractivity contribution is 7.14. The Labute approximate surface area is 101 Å². The van der Waals surface area contributed by atoms with Crippen LogP contribution in [0.1, 0.15) is 14.5 Å². The Kier molecular flexibility index (Phi) is 3.17. The number of thiophene rings is 1. The van der Waals surface area contributed by atoms with Crippen molar-refractivity contribution in [3.63, 3.8) is 0 Å². The van der Waals surface area contributed by atoms with Gasteiger partial charge in [0.1, 0.15) is 17.3 Å².